The van der Waals surface area contributed by atoms with Crippen LogP contribution < -0.4 is 5.32 Å². The van der Waals surface area contributed by atoms with Crippen LogP contribution in [0.1, 0.15) is 44.1 Å². The van der Waals surface area contributed by atoms with Crippen LogP contribution >= 0.6 is 0 Å². The van der Waals surface area contributed by atoms with Crippen LogP contribution in [-0.2, 0) is 6.54 Å². The highest BCUT2D eigenvalue weighted by Crippen LogP contribution is 2.21. The lowest BCUT2D eigenvalue weighted by molar-refractivity contribution is 0.0759. The minimum absolute atomic E-state index is 0.124. The Balaban J connectivity index is 1.42. The van der Waals surface area contributed by atoms with Gasteiger partial charge in [-0.05, 0) is 44.3 Å². The number of nitrogens with zero attached hydrogens (tertiary/aromatic N) is 1. The van der Waals surface area contributed by atoms with Gasteiger partial charge in [0.15, 0.2) is 0 Å². The molecule has 3 nitrogen and oxygen atoms in total. The summed E-state index contributed by atoms with van der Waals surface area (Å²) in [4.78, 5) is 2.55. The summed E-state index contributed by atoms with van der Waals surface area (Å²) in [5.74, 6) is 0. The van der Waals surface area contributed by atoms with Crippen LogP contribution in [0.5, 0.6) is 0 Å². The van der Waals surface area contributed by atoms with E-state index < -0.39 is 0 Å². The third-order valence-electron chi connectivity index (χ3n) is 5.02. The summed E-state index contributed by atoms with van der Waals surface area (Å²) < 4.78 is 0. The van der Waals surface area contributed by atoms with E-state index in [2.05, 4.69) is 40.5 Å². The number of hydrogen-bond acceptors (Lipinski definition) is 3. The molecule has 1 saturated heterocycles. The predicted molar refractivity (Wildman–Crippen MR) is 86.1 cm³/mol. The molecule has 2 N–H and O–H groups in total. The standard InChI is InChI=1S/C18H28N2O/c21-18-9-5-4-8-17(18)19-16-10-12-20(13-11-16)14-15-6-2-1-3-7-15/h1-3,6-7,16-19,21H,4-5,8-14H2/t17-,18+/m0/s1. The van der Waals surface area contributed by atoms with Gasteiger partial charge in [-0.15, -0.1) is 0 Å². The van der Waals surface area contributed by atoms with E-state index in [1.54, 1.807) is 0 Å². The molecule has 1 aromatic rings. The Morgan fingerprint density at radius 3 is 2.43 bits per heavy atom. The number of likely N-dealkylation sites (tertiary alicyclic amines) is 1. The lowest BCUT2D eigenvalue weighted by Crippen LogP contribution is -2.50. The van der Waals surface area contributed by atoms with Crippen molar-refractivity contribution in [2.45, 2.75) is 63.3 Å². The smallest absolute Gasteiger partial charge is 0.0693 e. The molecule has 1 aromatic carbocycles. The zero-order chi connectivity index (χ0) is 14.5. The SMILES string of the molecule is O[C@@H]1CCCC[C@@H]1NC1CCN(Cc2ccccc2)CC1. The molecule has 0 amide bonds. The first-order valence-corrected chi connectivity index (χ1v) is 8.51. The first kappa shape index (κ1) is 15.0. The molecule has 116 valence electrons. The van der Waals surface area contributed by atoms with Crippen LogP contribution in [0.15, 0.2) is 30.3 Å². The summed E-state index contributed by atoms with van der Waals surface area (Å²) in [6, 6.07) is 11.7. The van der Waals surface area contributed by atoms with Crippen molar-refractivity contribution in [1.29, 1.82) is 0 Å². The van der Waals surface area contributed by atoms with Gasteiger partial charge in [-0.1, -0.05) is 43.2 Å². The van der Waals surface area contributed by atoms with Crippen molar-refractivity contribution in [3.05, 3.63) is 35.9 Å². The molecule has 2 fully saturated rings. The Morgan fingerprint density at radius 1 is 1.00 bits per heavy atom. The molecular formula is C18H28N2O. The molecule has 1 aliphatic carbocycles. The molecule has 1 heterocycles. The largest absolute Gasteiger partial charge is 0.392 e. The maximum atomic E-state index is 10.1. The Kier molecular flexibility index (Phi) is 5.28. The lowest BCUT2D eigenvalue weighted by Gasteiger charge is -2.37. The second-order valence-electron chi connectivity index (χ2n) is 6.66. The van der Waals surface area contributed by atoms with E-state index in [0.717, 1.165) is 32.5 Å². The average Bonchev–Trinajstić information content (AvgIpc) is 2.52. The highest BCUT2D eigenvalue weighted by atomic mass is 16.3. The zero-order valence-corrected chi connectivity index (χ0v) is 12.9. The molecular weight excluding hydrogens is 260 g/mol. The Hall–Kier alpha value is -0.900. The van der Waals surface area contributed by atoms with Crippen molar-refractivity contribution >= 4 is 0 Å². The van der Waals surface area contributed by atoms with Crippen molar-refractivity contribution < 1.29 is 5.11 Å². The maximum Gasteiger partial charge on any atom is 0.0693 e. The molecule has 2 aliphatic rings. The van der Waals surface area contributed by atoms with Gasteiger partial charge in [-0.3, -0.25) is 4.90 Å². The molecule has 0 bridgehead atoms. The summed E-state index contributed by atoms with van der Waals surface area (Å²) in [6.07, 6.45) is 6.86. The number of piperidine rings is 1. The van der Waals surface area contributed by atoms with E-state index in [9.17, 15) is 5.11 Å². The molecule has 2 atom stereocenters. The number of rotatable bonds is 4. The van der Waals surface area contributed by atoms with Crippen molar-refractivity contribution in [2.75, 3.05) is 13.1 Å². The van der Waals surface area contributed by atoms with Crippen LogP contribution in [-0.4, -0.2) is 41.3 Å². The first-order chi connectivity index (χ1) is 10.3. The van der Waals surface area contributed by atoms with Gasteiger partial charge >= 0.3 is 0 Å². The number of benzene rings is 1. The van der Waals surface area contributed by atoms with Crippen molar-refractivity contribution in [3.63, 3.8) is 0 Å². The minimum Gasteiger partial charge on any atom is -0.392 e. The van der Waals surface area contributed by atoms with Crippen LogP contribution in [0.2, 0.25) is 0 Å². The Labute approximate surface area is 128 Å². The van der Waals surface area contributed by atoms with Gasteiger partial charge in [0.2, 0.25) is 0 Å². The van der Waals surface area contributed by atoms with Gasteiger partial charge in [0, 0.05) is 18.6 Å². The predicted octanol–water partition coefficient (Wildman–Crippen LogP) is 2.54. The lowest BCUT2D eigenvalue weighted by atomic mass is 9.91. The van der Waals surface area contributed by atoms with Gasteiger partial charge in [0.1, 0.15) is 0 Å². The third-order valence-corrected chi connectivity index (χ3v) is 5.02. The van der Waals surface area contributed by atoms with Crippen molar-refractivity contribution in [1.82, 2.24) is 10.2 Å². The molecule has 21 heavy (non-hydrogen) atoms. The maximum absolute atomic E-state index is 10.1. The highest BCUT2D eigenvalue weighted by Gasteiger charge is 2.27. The molecule has 0 spiro atoms. The van der Waals surface area contributed by atoms with Crippen molar-refractivity contribution in [2.24, 2.45) is 0 Å². The quantitative estimate of drug-likeness (QED) is 0.894. The van der Waals surface area contributed by atoms with Gasteiger partial charge < -0.3 is 10.4 Å². The Morgan fingerprint density at radius 2 is 1.71 bits per heavy atom. The minimum atomic E-state index is -0.124. The van der Waals surface area contributed by atoms with Gasteiger partial charge in [-0.2, -0.15) is 0 Å². The van der Waals surface area contributed by atoms with E-state index in [-0.39, 0.29) is 6.10 Å². The van der Waals surface area contributed by atoms with E-state index in [0.29, 0.717) is 12.1 Å². The summed E-state index contributed by atoms with van der Waals surface area (Å²) >= 11 is 0. The van der Waals surface area contributed by atoms with Crippen molar-refractivity contribution in [3.8, 4) is 0 Å². The average molecular weight is 288 g/mol. The van der Waals surface area contributed by atoms with E-state index in [1.165, 1.54) is 31.2 Å². The topological polar surface area (TPSA) is 35.5 Å². The van der Waals surface area contributed by atoms with E-state index in [4.69, 9.17) is 0 Å². The highest BCUT2D eigenvalue weighted by molar-refractivity contribution is 5.14. The molecule has 1 aliphatic heterocycles. The Bertz CT molecular complexity index is 414. The summed E-state index contributed by atoms with van der Waals surface area (Å²) in [5, 5.41) is 13.8. The molecule has 3 heteroatoms. The van der Waals surface area contributed by atoms with E-state index >= 15 is 0 Å². The van der Waals surface area contributed by atoms with Gasteiger partial charge in [-0.25, -0.2) is 0 Å². The fourth-order valence-corrected chi connectivity index (χ4v) is 3.71. The summed E-state index contributed by atoms with van der Waals surface area (Å²) in [7, 11) is 0. The third kappa shape index (κ3) is 4.29. The van der Waals surface area contributed by atoms with Crippen LogP contribution in [0, 0.1) is 0 Å². The molecule has 0 unspecified atom stereocenters. The van der Waals surface area contributed by atoms with E-state index in [1.807, 2.05) is 0 Å². The number of aliphatic hydroxyl groups excluding tert-OH is 1. The van der Waals surface area contributed by atoms with Crippen LogP contribution in [0.25, 0.3) is 0 Å². The molecule has 3 rings (SSSR count). The molecule has 1 saturated carbocycles. The summed E-state index contributed by atoms with van der Waals surface area (Å²) in [5.41, 5.74) is 1.41. The monoisotopic (exact) mass is 288 g/mol. The first-order valence-electron chi connectivity index (χ1n) is 8.51. The second-order valence-corrected chi connectivity index (χ2v) is 6.66. The van der Waals surface area contributed by atoms with Gasteiger partial charge in [0.25, 0.3) is 0 Å². The summed E-state index contributed by atoms with van der Waals surface area (Å²) in [6.45, 7) is 3.39. The number of nitrogens with one attached hydrogen (secondary N) is 1. The fourth-order valence-electron chi connectivity index (χ4n) is 3.71. The fraction of sp³-hybridized carbons (Fsp3) is 0.667. The number of aliphatic hydroxyl groups is 1. The number of hydrogen-bond donors (Lipinski definition) is 2. The zero-order valence-electron chi connectivity index (χ0n) is 12.9. The second kappa shape index (κ2) is 7.39. The molecule has 0 radical (unpaired) electrons. The van der Waals surface area contributed by atoms with Crippen LogP contribution in [0.3, 0.4) is 0 Å². The molecule has 0 aromatic heterocycles. The normalized spacial score (nSPS) is 28.6. The van der Waals surface area contributed by atoms with Gasteiger partial charge in [0.05, 0.1) is 6.10 Å². The van der Waals surface area contributed by atoms with Crippen LogP contribution in [0.4, 0.5) is 0 Å².